The fraction of sp³-hybridized carbons (Fsp3) is 0.492. The zero-order valence-corrected chi connectivity index (χ0v) is 54.2. The van der Waals surface area contributed by atoms with E-state index in [-0.39, 0.29) is 43.0 Å². The summed E-state index contributed by atoms with van der Waals surface area (Å²) in [6, 6.07) is 24.6. The molecule has 8 aliphatic rings. The van der Waals surface area contributed by atoms with Crippen LogP contribution < -0.4 is 81.7 Å². The molecule has 8 aliphatic heterocycles. The Morgan fingerprint density at radius 2 is 0.813 bits per heavy atom. The fourth-order valence-electron chi connectivity index (χ4n) is 10.1. The summed E-state index contributed by atoms with van der Waals surface area (Å²) in [6.07, 6.45) is 3.27. The molecule has 0 spiro atoms. The molecule has 11 N–H and O–H groups in total. The molecular formula is C63H90N20O8. The van der Waals surface area contributed by atoms with Crippen LogP contribution in [0.3, 0.4) is 0 Å². The average molecular weight is 1260 g/mol. The fourth-order valence-corrected chi connectivity index (χ4v) is 10.1. The number of ether oxygens (including phenoxy) is 8. The van der Waals surface area contributed by atoms with Crippen LogP contribution in [0.1, 0.15) is 63.8 Å². The summed E-state index contributed by atoms with van der Waals surface area (Å²) >= 11 is 0. The van der Waals surface area contributed by atoms with Crippen LogP contribution >= 0.6 is 0 Å². The second kappa shape index (κ2) is 31.1. The molecule has 6 unspecified atom stereocenters. The summed E-state index contributed by atoms with van der Waals surface area (Å²) in [5.41, 5.74) is 22.0. The molecule has 12 rings (SSSR count). The lowest BCUT2D eigenvalue weighted by molar-refractivity contribution is 0.173. The number of para-hydroxylation sites is 4. The molecule has 4 aromatic rings. The minimum absolute atomic E-state index is 0.0661. The van der Waals surface area contributed by atoms with Crippen molar-refractivity contribution in [2.24, 2.45) is 57.1 Å². The van der Waals surface area contributed by atoms with E-state index < -0.39 is 0 Å². The maximum atomic E-state index is 5.89. The molecule has 0 saturated carbocycles. The highest BCUT2D eigenvalue weighted by molar-refractivity contribution is 6.00. The first-order chi connectivity index (χ1) is 43.8. The minimum atomic E-state index is 0.0661. The molecule has 0 aromatic heterocycles. The number of likely N-dealkylation sites (N-methyl/N-ethyl adjacent to an activating group) is 3. The van der Waals surface area contributed by atoms with Crippen molar-refractivity contribution < 1.29 is 37.9 Å². The SMILES string of the molecule is CC1CN=C(N(C)C)NC(N(C)CCc2cccc3c2OCO3)=N1.CC1CN=C(N)NC(N(C)CCc2cccc3c2OCO3)=N1.CC1N=C(N)NC(=NCCc2cccc3c2OCO3)NC1C.CC1N=C(N)NC(N(C)CCc2cccc3c2OCO3)=NC1C. The first kappa shape index (κ1) is 65.7. The Morgan fingerprint density at radius 1 is 0.429 bits per heavy atom. The van der Waals surface area contributed by atoms with Gasteiger partial charge in [0.05, 0.1) is 43.3 Å². The highest BCUT2D eigenvalue weighted by Gasteiger charge is 2.25. The first-order valence-corrected chi connectivity index (χ1v) is 30.8. The summed E-state index contributed by atoms with van der Waals surface area (Å²) in [4.78, 5) is 44.2. The van der Waals surface area contributed by atoms with E-state index in [2.05, 4.69) is 98.5 Å². The second-order valence-corrected chi connectivity index (χ2v) is 23.1. The molecule has 0 saturated heterocycles. The van der Waals surface area contributed by atoms with Crippen LogP contribution in [0.2, 0.25) is 0 Å². The lowest BCUT2D eigenvalue weighted by atomic mass is 10.1. The number of rotatable bonds is 12. The highest BCUT2D eigenvalue weighted by Crippen LogP contribution is 2.38. The van der Waals surface area contributed by atoms with Gasteiger partial charge in [-0.25, -0.2) is 25.0 Å². The Labute approximate surface area is 533 Å². The van der Waals surface area contributed by atoms with Gasteiger partial charge in [0, 0.05) is 73.0 Å². The Hall–Kier alpha value is -9.76. The predicted octanol–water partition coefficient (Wildman–Crippen LogP) is 3.25. The van der Waals surface area contributed by atoms with E-state index in [4.69, 9.17) is 60.1 Å². The van der Waals surface area contributed by atoms with Crippen LogP contribution in [0, 0.1) is 0 Å². The summed E-state index contributed by atoms with van der Waals surface area (Å²) in [7, 11) is 9.96. The van der Waals surface area contributed by atoms with E-state index in [9.17, 15) is 0 Å². The zero-order chi connectivity index (χ0) is 64.6. The number of nitrogens with one attached hydrogen (secondary N) is 5. The average Bonchev–Trinajstić information content (AvgIpc) is 2.75. The Kier molecular flexibility index (Phi) is 22.5. The van der Waals surface area contributed by atoms with Crippen LogP contribution in [-0.4, -0.2) is 205 Å². The lowest BCUT2D eigenvalue weighted by Gasteiger charge is -2.24. The van der Waals surface area contributed by atoms with Crippen molar-refractivity contribution in [2.75, 3.05) is 102 Å². The molecule has 0 radical (unpaired) electrons. The monoisotopic (exact) mass is 1250 g/mol. The van der Waals surface area contributed by atoms with Gasteiger partial charge < -0.3 is 80.0 Å². The summed E-state index contributed by atoms with van der Waals surface area (Å²) < 4.78 is 43.8. The van der Waals surface area contributed by atoms with Gasteiger partial charge in [0.1, 0.15) is 0 Å². The van der Waals surface area contributed by atoms with Gasteiger partial charge in [-0.1, -0.05) is 48.5 Å². The van der Waals surface area contributed by atoms with Crippen molar-refractivity contribution >= 4 is 47.7 Å². The number of benzene rings is 4. The van der Waals surface area contributed by atoms with Crippen molar-refractivity contribution in [1.82, 2.24) is 46.2 Å². The molecule has 4 aromatic carbocycles. The van der Waals surface area contributed by atoms with Crippen LogP contribution in [0.15, 0.2) is 113 Å². The van der Waals surface area contributed by atoms with E-state index in [1.54, 1.807) is 0 Å². The van der Waals surface area contributed by atoms with Gasteiger partial charge in [-0.2, -0.15) is 0 Å². The third-order valence-electron chi connectivity index (χ3n) is 15.7. The standard InChI is InChI=1S/C17H25N5O2.C16H23N5O2.2C15H21N5O2/c1-12-10-18-16(21(2)3)20-17(19-12)22(4)9-8-13-6-5-7-14-15(13)24-11-23-14;1-10-11(2)19-16(20-15(17)18-10)21(3)8-7-12-5-4-6-13-14(12)23-9-22-13;1-10-8-17-14(16)19-15(18-10)20(2)7-6-11-4-3-5-12-13(11)22-9-21-12;1-9-10(2)19-15(20-14(16)18-9)17-7-6-11-4-3-5-12-13(11)22-8-21-12/h5-7,12H,8-11H2,1-4H3,(H,18,19,20);4-6,10-11H,7-9H2,1-3H3,(H3,17,18,19,20);3-5,10H,6-9H2,1-2H3,(H3,16,17,18,19);3-5,9-10H,6-8H2,1-2H3,(H4,16,17,18,19,20). The summed E-state index contributed by atoms with van der Waals surface area (Å²) in [5, 5.41) is 15.7. The molecule has 0 aliphatic carbocycles. The molecule has 28 nitrogen and oxygen atoms in total. The van der Waals surface area contributed by atoms with Crippen LogP contribution in [-0.2, 0) is 25.7 Å². The second-order valence-electron chi connectivity index (χ2n) is 23.1. The molecule has 490 valence electrons. The summed E-state index contributed by atoms with van der Waals surface area (Å²) in [5.74, 6) is 11.7. The number of aliphatic imine (C=N–C) groups is 8. The highest BCUT2D eigenvalue weighted by atomic mass is 16.7. The first-order valence-electron chi connectivity index (χ1n) is 30.8. The normalized spacial score (nSPS) is 21.7. The third kappa shape index (κ3) is 18.0. The van der Waals surface area contributed by atoms with Gasteiger partial charge in [0.25, 0.3) is 0 Å². The Morgan fingerprint density at radius 3 is 1.27 bits per heavy atom. The van der Waals surface area contributed by atoms with E-state index in [0.29, 0.717) is 63.9 Å². The molecule has 28 heteroatoms. The lowest BCUT2D eigenvalue weighted by Crippen LogP contribution is -2.47. The molecular weight excluding hydrogens is 1160 g/mol. The van der Waals surface area contributed by atoms with Crippen molar-refractivity contribution in [3.63, 3.8) is 0 Å². The largest absolute Gasteiger partial charge is 0.454 e. The number of hydrogen-bond donors (Lipinski definition) is 8. The van der Waals surface area contributed by atoms with E-state index >= 15 is 0 Å². The topological polar surface area (TPSA) is 324 Å². The minimum Gasteiger partial charge on any atom is -0.454 e. The van der Waals surface area contributed by atoms with Crippen LogP contribution in [0.5, 0.6) is 46.0 Å². The van der Waals surface area contributed by atoms with Crippen molar-refractivity contribution in [3.8, 4) is 46.0 Å². The number of nitrogens with two attached hydrogens (primary N) is 3. The summed E-state index contributed by atoms with van der Waals surface area (Å²) in [6.45, 7) is 17.7. The quantitative estimate of drug-likeness (QED) is 0.101. The number of nitrogens with zero attached hydrogens (tertiary/aromatic N) is 12. The van der Waals surface area contributed by atoms with Crippen molar-refractivity contribution in [3.05, 3.63) is 95.1 Å². The van der Waals surface area contributed by atoms with E-state index in [1.165, 1.54) is 0 Å². The van der Waals surface area contributed by atoms with Crippen LogP contribution in [0.4, 0.5) is 0 Å². The Bertz CT molecular complexity index is 3410. The molecule has 6 atom stereocenters. The van der Waals surface area contributed by atoms with Gasteiger partial charge >= 0.3 is 0 Å². The maximum Gasteiger partial charge on any atom is 0.231 e. The van der Waals surface area contributed by atoms with Gasteiger partial charge in [-0.15, -0.1) is 0 Å². The molecule has 0 fully saturated rings. The van der Waals surface area contributed by atoms with Gasteiger partial charge in [0.15, 0.2) is 75.8 Å². The smallest absolute Gasteiger partial charge is 0.231 e. The van der Waals surface area contributed by atoms with Gasteiger partial charge in [0.2, 0.25) is 45.1 Å². The maximum absolute atomic E-state index is 5.89. The van der Waals surface area contributed by atoms with Crippen molar-refractivity contribution in [2.45, 2.75) is 103 Å². The van der Waals surface area contributed by atoms with Crippen molar-refractivity contribution in [1.29, 1.82) is 0 Å². The Balaban J connectivity index is 0.000000144. The molecule has 91 heavy (non-hydrogen) atoms. The van der Waals surface area contributed by atoms with Gasteiger partial charge in [-0.3, -0.25) is 36.2 Å². The molecule has 0 bridgehead atoms. The number of fused-ring (bicyclic) bond motifs is 4. The molecule has 0 amide bonds. The van der Waals surface area contributed by atoms with E-state index in [1.807, 2.05) is 132 Å². The molecule has 8 heterocycles. The van der Waals surface area contributed by atoms with E-state index in [0.717, 1.165) is 137 Å². The number of hydrogen-bond acceptors (Lipinski definition) is 26. The van der Waals surface area contributed by atoms with Gasteiger partial charge in [-0.05, 0) is 108 Å². The zero-order valence-electron chi connectivity index (χ0n) is 54.2. The predicted molar refractivity (Wildman–Crippen MR) is 356 cm³/mol. The van der Waals surface area contributed by atoms with Crippen LogP contribution in [0.25, 0.3) is 0 Å². The number of guanidine groups is 8. The third-order valence-corrected chi connectivity index (χ3v) is 15.7.